The van der Waals surface area contributed by atoms with Crippen molar-refractivity contribution in [3.8, 4) is 28.3 Å². The average molecular weight is 594 g/mol. The number of thiophene rings is 1. The number of benzene rings is 6. The second kappa shape index (κ2) is 9.36. The Morgan fingerprint density at radius 1 is 0.533 bits per heavy atom. The fourth-order valence-corrected chi connectivity index (χ4v) is 7.98. The van der Waals surface area contributed by atoms with Crippen LogP contribution < -0.4 is 0 Å². The third kappa shape index (κ3) is 3.59. The lowest BCUT2D eigenvalue weighted by molar-refractivity contribution is 0.653. The van der Waals surface area contributed by atoms with Crippen molar-refractivity contribution >= 4 is 75.4 Å². The maximum absolute atomic E-state index is 6.37. The summed E-state index contributed by atoms with van der Waals surface area (Å²) < 4.78 is 11.4. The van der Waals surface area contributed by atoms with Crippen LogP contribution in [0.3, 0.4) is 0 Å². The highest BCUT2D eigenvalue weighted by Gasteiger charge is 2.22. The smallest absolute Gasteiger partial charge is 0.231 e. The van der Waals surface area contributed by atoms with Crippen molar-refractivity contribution in [2.75, 3.05) is 0 Å². The van der Waals surface area contributed by atoms with Crippen LogP contribution in [0.1, 0.15) is 0 Å². The minimum absolute atomic E-state index is 0.587. The van der Waals surface area contributed by atoms with Crippen LogP contribution in [-0.4, -0.2) is 14.5 Å². The Morgan fingerprint density at radius 2 is 1.27 bits per heavy atom. The summed E-state index contributed by atoms with van der Waals surface area (Å²) in [6.07, 6.45) is 0. The molecule has 0 N–H and O–H groups in total. The van der Waals surface area contributed by atoms with Gasteiger partial charge in [-0.15, -0.1) is 11.3 Å². The van der Waals surface area contributed by atoms with Crippen molar-refractivity contribution in [1.29, 1.82) is 0 Å². The fraction of sp³-hybridized carbons (Fsp3) is 0. The van der Waals surface area contributed by atoms with Gasteiger partial charge in [0.15, 0.2) is 5.82 Å². The largest absolute Gasteiger partial charge is 0.438 e. The Morgan fingerprint density at radius 3 is 2.18 bits per heavy atom. The third-order valence-corrected chi connectivity index (χ3v) is 9.98. The van der Waals surface area contributed by atoms with E-state index in [9.17, 15) is 0 Å². The van der Waals surface area contributed by atoms with Crippen molar-refractivity contribution in [1.82, 2.24) is 14.5 Å². The molecule has 0 amide bonds. The highest BCUT2D eigenvalue weighted by atomic mass is 32.1. The molecule has 0 saturated carbocycles. The Balaban J connectivity index is 1.34. The maximum atomic E-state index is 6.37. The van der Waals surface area contributed by atoms with Crippen molar-refractivity contribution in [3.63, 3.8) is 0 Å². The lowest BCUT2D eigenvalue weighted by Crippen LogP contribution is -2.00. The van der Waals surface area contributed by atoms with Crippen molar-refractivity contribution < 1.29 is 4.42 Å². The van der Waals surface area contributed by atoms with Crippen LogP contribution in [0.25, 0.3) is 92.4 Å². The first kappa shape index (κ1) is 24.6. The van der Waals surface area contributed by atoms with Gasteiger partial charge in [-0.1, -0.05) is 103 Å². The lowest BCUT2D eigenvalue weighted by atomic mass is 10.0. The van der Waals surface area contributed by atoms with Gasteiger partial charge in [-0.3, -0.25) is 0 Å². The molecule has 5 heteroatoms. The predicted molar refractivity (Wildman–Crippen MR) is 187 cm³/mol. The van der Waals surface area contributed by atoms with Gasteiger partial charge in [0.25, 0.3) is 0 Å². The topological polar surface area (TPSA) is 43.9 Å². The Kier molecular flexibility index (Phi) is 5.12. The Bertz CT molecular complexity index is 2770. The molecule has 0 aliphatic rings. The van der Waals surface area contributed by atoms with E-state index in [-0.39, 0.29) is 0 Å². The van der Waals surface area contributed by atoms with Crippen molar-refractivity contribution in [2.24, 2.45) is 0 Å². The Hall–Kier alpha value is -5.78. The van der Waals surface area contributed by atoms with Gasteiger partial charge in [0.2, 0.25) is 5.71 Å². The average Bonchev–Trinajstić information content (AvgIpc) is 3.76. The second-order valence-electron chi connectivity index (χ2n) is 11.4. The van der Waals surface area contributed by atoms with E-state index in [1.807, 2.05) is 59.9 Å². The quantitative estimate of drug-likeness (QED) is 0.205. The molecule has 0 spiro atoms. The number of hydrogen-bond donors (Lipinski definition) is 0. The zero-order valence-electron chi connectivity index (χ0n) is 23.9. The predicted octanol–water partition coefficient (Wildman–Crippen LogP) is 11.2. The monoisotopic (exact) mass is 593 g/mol. The van der Waals surface area contributed by atoms with E-state index < -0.39 is 0 Å². The molecule has 0 fully saturated rings. The molecule has 4 nitrogen and oxygen atoms in total. The van der Waals surface area contributed by atoms with Crippen LogP contribution in [0.4, 0.5) is 0 Å². The van der Waals surface area contributed by atoms with E-state index in [4.69, 9.17) is 14.4 Å². The summed E-state index contributed by atoms with van der Waals surface area (Å²) in [5.41, 5.74) is 7.60. The molecule has 10 rings (SSSR count). The van der Waals surface area contributed by atoms with Gasteiger partial charge in [0, 0.05) is 47.5 Å². The summed E-state index contributed by atoms with van der Waals surface area (Å²) in [6.45, 7) is 0. The molecule has 210 valence electrons. The molecule has 45 heavy (non-hydrogen) atoms. The normalized spacial score (nSPS) is 12.0. The van der Waals surface area contributed by atoms with Crippen LogP contribution in [-0.2, 0) is 0 Å². The number of rotatable bonds is 3. The van der Waals surface area contributed by atoms with Crippen LogP contribution in [0.2, 0.25) is 0 Å². The van der Waals surface area contributed by atoms with Crippen LogP contribution >= 0.6 is 11.3 Å². The van der Waals surface area contributed by atoms with Gasteiger partial charge < -0.3 is 8.98 Å². The lowest BCUT2D eigenvalue weighted by Gasteiger charge is -2.15. The van der Waals surface area contributed by atoms with E-state index in [0.717, 1.165) is 44.4 Å². The molecule has 0 bridgehead atoms. The summed E-state index contributed by atoms with van der Waals surface area (Å²) in [6, 6.07) is 49.0. The number of nitrogens with zero attached hydrogens (tertiary/aromatic N) is 3. The van der Waals surface area contributed by atoms with Gasteiger partial charge in [0.05, 0.1) is 27.8 Å². The summed E-state index contributed by atoms with van der Waals surface area (Å²) >= 11 is 1.86. The van der Waals surface area contributed by atoms with Crippen molar-refractivity contribution in [3.05, 3.63) is 140 Å². The second-order valence-corrected chi connectivity index (χ2v) is 12.5. The third-order valence-electron chi connectivity index (χ3n) is 8.84. The minimum Gasteiger partial charge on any atom is -0.438 e. The summed E-state index contributed by atoms with van der Waals surface area (Å²) in [5, 5.41) is 6.97. The van der Waals surface area contributed by atoms with E-state index in [2.05, 4.69) is 95.6 Å². The Labute approximate surface area is 261 Å². The first-order chi connectivity index (χ1) is 22.3. The summed E-state index contributed by atoms with van der Waals surface area (Å²) in [5.74, 6) is 0.639. The van der Waals surface area contributed by atoms with Gasteiger partial charge in [0.1, 0.15) is 5.58 Å². The summed E-state index contributed by atoms with van der Waals surface area (Å²) in [4.78, 5) is 10.2. The maximum Gasteiger partial charge on any atom is 0.231 e. The van der Waals surface area contributed by atoms with Crippen molar-refractivity contribution in [2.45, 2.75) is 0 Å². The number of furan rings is 1. The molecule has 4 heterocycles. The SMILES string of the molecule is c1ccc(-c2nc(-c3ccccc3-n3c4ccccc4c4cc5sc6ccccc6c5cc43)c3c(n2)oc2ccccc23)cc1. The van der Waals surface area contributed by atoms with Gasteiger partial charge >= 0.3 is 0 Å². The summed E-state index contributed by atoms with van der Waals surface area (Å²) in [7, 11) is 0. The van der Waals surface area contributed by atoms with E-state index in [1.54, 1.807) is 0 Å². The molecule has 0 saturated heterocycles. The fourth-order valence-electron chi connectivity index (χ4n) is 6.85. The van der Waals surface area contributed by atoms with Crippen LogP contribution in [0, 0.1) is 0 Å². The minimum atomic E-state index is 0.587. The highest BCUT2D eigenvalue weighted by Crippen LogP contribution is 2.43. The van der Waals surface area contributed by atoms with Crippen LogP contribution in [0.15, 0.2) is 144 Å². The standard InChI is InChI=1S/C40H23N3OS/c1-2-12-24(13-3-1)39-41-38(37-28-17-6-10-20-34(28)44-40(37)42-39)27-16-5-9-19-32(27)43-31-18-8-4-14-25(31)29-23-36-30(22-33(29)43)26-15-7-11-21-35(26)45-36/h1-23H. The van der Waals surface area contributed by atoms with Gasteiger partial charge in [-0.25, -0.2) is 4.98 Å². The molecular formula is C40H23N3OS. The van der Waals surface area contributed by atoms with Crippen LogP contribution in [0.5, 0.6) is 0 Å². The first-order valence-electron chi connectivity index (χ1n) is 15.0. The van der Waals surface area contributed by atoms with Gasteiger partial charge in [-0.2, -0.15) is 4.98 Å². The number of aromatic nitrogens is 3. The number of fused-ring (bicyclic) bond motifs is 9. The molecule has 0 aliphatic heterocycles. The zero-order chi connectivity index (χ0) is 29.5. The molecule has 10 aromatic rings. The molecule has 0 radical (unpaired) electrons. The highest BCUT2D eigenvalue weighted by molar-refractivity contribution is 7.25. The van der Waals surface area contributed by atoms with E-state index in [1.165, 1.54) is 36.5 Å². The van der Waals surface area contributed by atoms with E-state index >= 15 is 0 Å². The van der Waals surface area contributed by atoms with Gasteiger partial charge in [-0.05, 0) is 36.4 Å². The zero-order valence-corrected chi connectivity index (χ0v) is 24.8. The molecule has 0 aliphatic carbocycles. The molecule has 0 unspecified atom stereocenters. The number of para-hydroxylation sites is 3. The molecular weight excluding hydrogens is 571 g/mol. The molecule has 0 atom stereocenters. The molecule has 4 aromatic heterocycles. The first-order valence-corrected chi connectivity index (χ1v) is 15.8. The molecule has 6 aromatic carbocycles. The number of hydrogen-bond acceptors (Lipinski definition) is 4. The van der Waals surface area contributed by atoms with E-state index in [0.29, 0.717) is 11.5 Å².